The number of nitrogens with zero attached hydrogens (tertiary/aromatic N) is 1. The summed E-state index contributed by atoms with van der Waals surface area (Å²) in [6, 6.07) is 9.78. The van der Waals surface area contributed by atoms with Crippen LogP contribution in [0.4, 0.5) is 0 Å². The van der Waals surface area contributed by atoms with Crippen molar-refractivity contribution >= 4 is 35.1 Å². The zero-order valence-electron chi connectivity index (χ0n) is 19.9. The fourth-order valence-corrected chi connectivity index (χ4v) is 3.66. The molecule has 1 aliphatic heterocycles. The van der Waals surface area contributed by atoms with Crippen molar-refractivity contribution in [1.82, 2.24) is 10.4 Å². The van der Waals surface area contributed by atoms with Crippen LogP contribution in [0.1, 0.15) is 17.3 Å². The van der Waals surface area contributed by atoms with Crippen LogP contribution in [-0.4, -0.2) is 80.8 Å². The van der Waals surface area contributed by atoms with Crippen molar-refractivity contribution < 1.29 is 38.5 Å². The van der Waals surface area contributed by atoms with E-state index in [4.69, 9.17) is 47.0 Å². The third-order valence-corrected chi connectivity index (χ3v) is 5.52. The van der Waals surface area contributed by atoms with Gasteiger partial charge in [-0.05, 0) is 37.3 Å². The molecule has 2 N–H and O–H groups in total. The van der Waals surface area contributed by atoms with Gasteiger partial charge in [0.15, 0.2) is 6.61 Å². The molecule has 36 heavy (non-hydrogen) atoms. The van der Waals surface area contributed by atoms with Gasteiger partial charge in [0, 0.05) is 18.1 Å². The molecule has 0 aliphatic carbocycles. The number of carbonyl (C=O) groups is 2. The van der Waals surface area contributed by atoms with Gasteiger partial charge in [0.1, 0.15) is 42.7 Å². The van der Waals surface area contributed by atoms with Crippen molar-refractivity contribution in [3.05, 3.63) is 52.0 Å². The Hall–Kier alpha value is -2.76. The third kappa shape index (κ3) is 8.14. The van der Waals surface area contributed by atoms with Crippen molar-refractivity contribution in [3.63, 3.8) is 0 Å². The number of rotatable bonds is 12. The summed E-state index contributed by atoms with van der Waals surface area (Å²) in [6.07, 6.45) is -1.16. The molecular formula is C24H28Cl2N2O8. The van der Waals surface area contributed by atoms with Crippen molar-refractivity contribution in [2.75, 3.05) is 46.6 Å². The third-order valence-electron chi connectivity index (χ3n) is 4.97. The molecule has 3 rings (SSSR count). The molecule has 2 aromatic carbocycles. The number of hydroxylamine groups is 2. The van der Waals surface area contributed by atoms with Crippen LogP contribution in [0.3, 0.4) is 0 Å². The first kappa shape index (κ1) is 27.8. The summed E-state index contributed by atoms with van der Waals surface area (Å²) in [5, 5.41) is 15.3. The van der Waals surface area contributed by atoms with Gasteiger partial charge in [-0.2, -0.15) is 5.06 Å². The Morgan fingerprint density at radius 1 is 1.19 bits per heavy atom. The highest BCUT2D eigenvalue weighted by atomic mass is 35.5. The lowest BCUT2D eigenvalue weighted by Gasteiger charge is -2.20. The largest absolute Gasteiger partial charge is 0.490 e. The fourth-order valence-electron chi connectivity index (χ4n) is 3.32. The number of carbonyl (C=O) groups excluding carboxylic acids is 2. The van der Waals surface area contributed by atoms with Crippen molar-refractivity contribution in [2.45, 2.75) is 19.1 Å². The van der Waals surface area contributed by atoms with Gasteiger partial charge in [0.05, 0.1) is 30.3 Å². The molecule has 0 aromatic heterocycles. The highest BCUT2D eigenvalue weighted by Crippen LogP contribution is 2.33. The standard InChI is InChI=1S/C24H28Cl2N2O8/c1-3-32-23(30)14-34-22-9-21(19(8-20(22)26)24(31)27-2)33-12-16(29)10-28-11-18(13-35-28)36-17-6-4-15(25)5-7-17/h4-9,16,18,29H,3,10-14H2,1-2H3,(H,27,31)/t16-,18+/m0/s1. The minimum Gasteiger partial charge on any atom is -0.490 e. The molecule has 0 spiro atoms. The van der Waals surface area contributed by atoms with Crippen LogP contribution in [0.5, 0.6) is 17.2 Å². The first-order valence-corrected chi connectivity index (χ1v) is 12.0. The monoisotopic (exact) mass is 542 g/mol. The van der Waals surface area contributed by atoms with E-state index in [1.165, 1.54) is 19.2 Å². The van der Waals surface area contributed by atoms with E-state index in [1.54, 1.807) is 36.3 Å². The minimum absolute atomic E-state index is 0.114. The zero-order valence-corrected chi connectivity index (χ0v) is 21.4. The number of ether oxygens (including phenoxy) is 4. The molecular weight excluding hydrogens is 515 g/mol. The topological polar surface area (TPSA) is 116 Å². The van der Waals surface area contributed by atoms with Crippen LogP contribution in [0.25, 0.3) is 0 Å². The number of hydrogen-bond donors (Lipinski definition) is 2. The van der Waals surface area contributed by atoms with Gasteiger partial charge in [-0.15, -0.1) is 0 Å². The van der Waals surface area contributed by atoms with Crippen LogP contribution in [0, 0.1) is 0 Å². The van der Waals surface area contributed by atoms with E-state index in [9.17, 15) is 14.7 Å². The Balaban J connectivity index is 1.56. The number of amides is 1. The molecule has 0 bridgehead atoms. The maximum atomic E-state index is 12.3. The normalized spacial score (nSPS) is 16.3. The Morgan fingerprint density at radius 2 is 1.94 bits per heavy atom. The summed E-state index contributed by atoms with van der Waals surface area (Å²) in [6.45, 7) is 2.31. The van der Waals surface area contributed by atoms with Crippen LogP contribution in [-0.2, 0) is 14.4 Å². The zero-order chi connectivity index (χ0) is 26.1. The van der Waals surface area contributed by atoms with E-state index in [0.717, 1.165) is 0 Å². The molecule has 0 saturated carbocycles. The van der Waals surface area contributed by atoms with Crippen LogP contribution in [0.15, 0.2) is 36.4 Å². The highest BCUT2D eigenvalue weighted by Gasteiger charge is 2.27. The smallest absolute Gasteiger partial charge is 0.344 e. The summed E-state index contributed by atoms with van der Waals surface area (Å²) in [4.78, 5) is 29.5. The Kier molecular flexibility index (Phi) is 10.4. The molecule has 2 atom stereocenters. The number of nitrogens with one attached hydrogen (secondary N) is 1. The number of aliphatic hydroxyl groups excluding tert-OH is 1. The summed E-state index contributed by atoms with van der Waals surface area (Å²) in [5.41, 5.74) is 0.145. The first-order valence-electron chi connectivity index (χ1n) is 11.2. The van der Waals surface area contributed by atoms with Gasteiger partial charge >= 0.3 is 5.97 Å². The van der Waals surface area contributed by atoms with E-state index in [1.807, 2.05) is 0 Å². The Bertz CT molecular complexity index is 1040. The van der Waals surface area contributed by atoms with Gasteiger partial charge < -0.3 is 29.4 Å². The van der Waals surface area contributed by atoms with Crippen LogP contribution in [0.2, 0.25) is 10.0 Å². The summed E-state index contributed by atoms with van der Waals surface area (Å²) < 4.78 is 21.8. The number of halogens is 2. The lowest BCUT2D eigenvalue weighted by atomic mass is 10.1. The van der Waals surface area contributed by atoms with Crippen LogP contribution >= 0.6 is 23.2 Å². The number of β-amino-alcohol motifs (C(OH)–C–C–N with tert-alkyl or cyclic N) is 1. The van der Waals surface area contributed by atoms with Gasteiger partial charge in [0.25, 0.3) is 5.91 Å². The number of hydrogen-bond acceptors (Lipinski definition) is 9. The quantitative estimate of drug-likeness (QED) is 0.390. The molecule has 1 amide bonds. The van der Waals surface area contributed by atoms with E-state index in [2.05, 4.69) is 5.32 Å². The second kappa shape index (κ2) is 13.5. The fraction of sp³-hybridized carbons (Fsp3) is 0.417. The number of benzene rings is 2. The second-order valence-corrected chi connectivity index (χ2v) is 8.60. The molecule has 2 aromatic rings. The lowest BCUT2D eigenvalue weighted by molar-refractivity contribution is -0.145. The van der Waals surface area contributed by atoms with Crippen molar-refractivity contribution in [3.8, 4) is 17.2 Å². The van der Waals surface area contributed by atoms with E-state index in [0.29, 0.717) is 23.9 Å². The molecule has 0 radical (unpaired) electrons. The summed E-state index contributed by atoms with van der Waals surface area (Å²) in [7, 11) is 1.47. The van der Waals surface area contributed by atoms with Gasteiger partial charge in [-0.1, -0.05) is 23.2 Å². The number of aliphatic hydroxyl groups is 1. The molecule has 1 heterocycles. The average Bonchev–Trinajstić information content (AvgIpc) is 3.29. The molecule has 1 aliphatic rings. The van der Waals surface area contributed by atoms with Gasteiger partial charge in [-0.3, -0.25) is 9.63 Å². The van der Waals surface area contributed by atoms with Gasteiger partial charge in [0.2, 0.25) is 0 Å². The Labute approximate surface area is 218 Å². The lowest BCUT2D eigenvalue weighted by Crippen LogP contribution is -2.35. The van der Waals surface area contributed by atoms with Crippen molar-refractivity contribution in [1.29, 1.82) is 0 Å². The minimum atomic E-state index is -0.948. The highest BCUT2D eigenvalue weighted by molar-refractivity contribution is 6.32. The number of esters is 1. The SMILES string of the molecule is CCOC(=O)COc1cc(OC[C@@H](O)CN2C[C@@H](Oc3ccc(Cl)cc3)CO2)c(C(=O)NC)cc1Cl. The first-order chi connectivity index (χ1) is 17.3. The predicted octanol–water partition coefficient (Wildman–Crippen LogP) is 2.73. The Morgan fingerprint density at radius 3 is 2.64 bits per heavy atom. The van der Waals surface area contributed by atoms with E-state index in [-0.39, 0.29) is 54.6 Å². The van der Waals surface area contributed by atoms with E-state index >= 15 is 0 Å². The molecule has 1 saturated heterocycles. The predicted molar refractivity (Wildman–Crippen MR) is 132 cm³/mol. The van der Waals surface area contributed by atoms with Gasteiger partial charge in [-0.25, -0.2) is 4.79 Å². The van der Waals surface area contributed by atoms with E-state index < -0.39 is 18.0 Å². The summed E-state index contributed by atoms with van der Waals surface area (Å²) >= 11 is 12.1. The average molecular weight is 543 g/mol. The summed E-state index contributed by atoms with van der Waals surface area (Å²) in [5.74, 6) is -0.0757. The van der Waals surface area contributed by atoms with Crippen molar-refractivity contribution in [2.24, 2.45) is 0 Å². The maximum Gasteiger partial charge on any atom is 0.344 e. The molecule has 12 heteroatoms. The molecule has 196 valence electrons. The maximum absolute atomic E-state index is 12.3. The molecule has 0 unspecified atom stereocenters. The molecule has 10 nitrogen and oxygen atoms in total. The molecule has 1 fully saturated rings. The second-order valence-electron chi connectivity index (χ2n) is 7.75. The van der Waals surface area contributed by atoms with Crippen LogP contribution < -0.4 is 19.5 Å².